The van der Waals surface area contributed by atoms with Crippen LogP contribution in [0.4, 0.5) is 11.4 Å². The van der Waals surface area contributed by atoms with Crippen molar-refractivity contribution in [3.05, 3.63) is 60.2 Å². The molecule has 30 heavy (non-hydrogen) atoms. The van der Waals surface area contributed by atoms with Crippen LogP contribution in [0, 0.1) is 18.8 Å². The Morgan fingerprint density at radius 2 is 1.67 bits per heavy atom. The van der Waals surface area contributed by atoms with Crippen molar-refractivity contribution in [3.8, 4) is 0 Å². The zero-order valence-electron chi connectivity index (χ0n) is 18.0. The second-order valence-electron chi connectivity index (χ2n) is 8.31. The van der Waals surface area contributed by atoms with Crippen LogP contribution in [-0.2, 0) is 14.4 Å². The number of rotatable bonds is 7. The van der Waals surface area contributed by atoms with Crippen LogP contribution in [0.3, 0.4) is 0 Å². The maximum Gasteiger partial charge on any atom is 0.266 e. The summed E-state index contributed by atoms with van der Waals surface area (Å²) in [7, 11) is 0. The van der Waals surface area contributed by atoms with E-state index in [4.69, 9.17) is 4.84 Å². The van der Waals surface area contributed by atoms with E-state index < -0.39 is 12.0 Å². The summed E-state index contributed by atoms with van der Waals surface area (Å²) >= 11 is 0. The maximum atomic E-state index is 13.6. The van der Waals surface area contributed by atoms with Gasteiger partial charge in [0.15, 0.2) is 6.10 Å². The number of imide groups is 1. The Hall–Kier alpha value is -2.66. The molecule has 2 aromatic rings. The molecule has 2 aliphatic rings. The maximum absolute atomic E-state index is 13.6. The molecule has 0 unspecified atom stereocenters. The molecule has 0 radical (unpaired) electrons. The lowest BCUT2D eigenvalue weighted by molar-refractivity contribution is -0.126. The van der Waals surface area contributed by atoms with Gasteiger partial charge in [0.05, 0.1) is 23.3 Å². The molecule has 0 aliphatic carbocycles. The lowest BCUT2D eigenvalue weighted by Crippen LogP contribution is -2.44. The van der Waals surface area contributed by atoms with E-state index in [0.717, 1.165) is 36.9 Å². The quantitative estimate of drug-likeness (QED) is 0.614. The van der Waals surface area contributed by atoms with Crippen molar-refractivity contribution < 1.29 is 14.4 Å². The number of nitrogens with zero attached hydrogens (tertiary/aromatic N) is 2. The minimum Gasteiger partial charge on any atom is -0.273 e. The van der Waals surface area contributed by atoms with Crippen molar-refractivity contribution in [2.75, 3.05) is 9.96 Å². The molecular formula is C25H30N2O3. The van der Waals surface area contributed by atoms with Crippen LogP contribution in [0.1, 0.15) is 45.1 Å². The first-order valence-corrected chi connectivity index (χ1v) is 11.0. The number of anilines is 2. The minimum absolute atomic E-state index is 0.141. The molecule has 0 bridgehead atoms. The minimum atomic E-state index is -0.766. The SMILES string of the molecule is CCCC[C@H](CC)[C@@H]1[C@H]2C(=O)N(c3ccccc3C)C(=O)[C@H]2ON1c1ccccc1. The number of amides is 2. The standard InChI is InChI=1S/C25H30N2O3/c1-4-6-13-18(5-2)22-21-23(30-27(22)19-14-8-7-9-15-19)25(29)26(24(21)28)20-16-11-10-12-17(20)3/h7-12,14-16,18,21-23H,4-6,13H2,1-3H3/t18-,21+,22+,23-/m0/s1. The predicted octanol–water partition coefficient (Wildman–Crippen LogP) is 4.89. The second-order valence-corrected chi connectivity index (χ2v) is 8.31. The van der Waals surface area contributed by atoms with Crippen molar-refractivity contribution in [3.63, 3.8) is 0 Å². The van der Waals surface area contributed by atoms with Gasteiger partial charge in [-0.1, -0.05) is 69.5 Å². The lowest BCUT2D eigenvalue weighted by Gasteiger charge is -2.34. The van der Waals surface area contributed by atoms with Crippen LogP contribution in [-0.4, -0.2) is 24.0 Å². The number of aryl methyl sites for hydroxylation is 1. The Kier molecular flexibility index (Phi) is 5.91. The molecule has 2 amide bonds. The summed E-state index contributed by atoms with van der Waals surface area (Å²) in [4.78, 5) is 34.6. The van der Waals surface area contributed by atoms with E-state index >= 15 is 0 Å². The fourth-order valence-corrected chi connectivity index (χ4v) is 4.87. The van der Waals surface area contributed by atoms with Gasteiger partial charge in [0, 0.05) is 0 Å². The normalized spacial score (nSPS) is 24.4. The number of fused-ring (bicyclic) bond motifs is 1. The summed E-state index contributed by atoms with van der Waals surface area (Å²) in [6.45, 7) is 6.27. The first-order valence-electron chi connectivity index (χ1n) is 11.0. The largest absolute Gasteiger partial charge is 0.273 e. The van der Waals surface area contributed by atoms with Crippen molar-refractivity contribution in [1.82, 2.24) is 0 Å². The predicted molar refractivity (Wildman–Crippen MR) is 118 cm³/mol. The number of hydrogen-bond donors (Lipinski definition) is 0. The fourth-order valence-electron chi connectivity index (χ4n) is 4.87. The monoisotopic (exact) mass is 406 g/mol. The molecule has 5 nitrogen and oxygen atoms in total. The third kappa shape index (κ3) is 3.41. The van der Waals surface area contributed by atoms with Gasteiger partial charge in [-0.05, 0) is 43.0 Å². The van der Waals surface area contributed by atoms with E-state index in [1.165, 1.54) is 4.90 Å². The average molecular weight is 407 g/mol. The molecule has 0 saturated carbocycles. The molecule has 2 saturated heterocycles. The third-order valence-corrected chi connectivity index (χ3v) is 6.46. The molecule has 2 heterocycles. The summed E-state index contributed by atoms with van der Waals surface area (Å²) in [6, 6.07) is 17.2. The summed E-state index contributed by atoms with van der Waals surface area (Å²) < 4.78 is 0. The van der Waals surface area contributed by atoms with E-state index in [-0.39, 0.29) is 23.8 Å². The van der Waals surface area contributed by atoms with E-state index in [0.29, 0.717) is 5.69 Å². The van der Waals surface area contributed by atoms with Crippen molar-refractivity contribution in [1.29, 1.82) is 0 Å². The van der Waals surface area contributed by atoms with Crippen molar-refractivity contribution in [2.45, 2.75) is 58.6 Å². The van der Waals surface area contributed by atoms with E-state index in [1.54, 1.807) is 0 Å². The average Bonchev–Trinajstić information content (AvgIpc) is 3.27. The zero-order valence-corrected chi connectivity index (χ0v) is 18.0. The van der Waals surface area contributed by atoms with Crippen molar-refractivity contribution >= 4 is 23.2 Å². The van der Waals surface area contributed by atoms with Crippen LogP contribution < -0.4 is 9.96 Å². The number of hydroxylamine groups is 1. The smallest absolute Gasteiger partial charge is 0.266 e. The van der Waals surface area contributed by atoms with Gasteiger partial charge >= 0.3 is 0 Å². The van der Waals surface area contributed by atoms with Gasteiger partial charge in [-0.15, -0.1) is 0 Å². The number of carbonyl (C=O) groups excluding carboxylic acids is 2. The van der Waals surface area contributed by atoms with Crippen molar-refractivity contribution in [2.24, 2.45) is 11.8 Å². The van der Waals surface area contributed by atoms with Gasteiger partial charge in [-0.3, -0.25) is 14.4 Å². The molecule has 4 rings (SSSR count). The molecule has 2 aliphatic heterocycles. The van der Waals surface area contributed by atoms with E-state index in [9.17, 15) is 9.59 Å². The van der Waals surface area contributed by atoms with Gasteiger partial charge < -0.3 is 0 Å². The summed E-state index contributed by atoms with van der Waals surface area (Å²) in [5.74, 6) is -0.612. The number of benzene rings is 2. The number of para-hydroxylation sites is 2. The summed E-state index contributed by atoms with van der Waals surface area (Å²) in [6.07, 6.45) is 3.38. The molecule has 0 spiro atoms. The van der Waals surface area contributed by atoms with Crippen LogP contribution in [0.5, 0.6) is 0 Å². The van der Waals surface area contributed by atoms with E-state index in [2.05, 4.69) is 13.8 Å². The highest BCUT2D eigenvalue weighted by Gasteiger charge is 2.61. The van der Waals surface area contributed by atoms with E-state index in [1.807, 2.05) is 66.6 Å². The Bertz CT molecular complexity index is 914. The van der Waals surface area contributed by atoms with Gasteiger partial charge in [-0.25, -0.2) is 9.96 Å². The highest BCUT2D eigenvalue weighted by molar-refractivity contribution is 6.24. The Labute approximate surface area is 178 Å². The first-order chi connectivity index (χ1) is 14.6. The van der Waals surface area contributed by atoms with Crippen LogP contribution >= 0.6 is 0 Å². The van der Waals surface area contributed by atoms with Gasteiger partial charge in [0.2, 0.25) is 5.91 Å². The van der Waals surface area contributed by atoms with Crippen LogP contribution in [0.2, 0.25) is 0 Å². The van der Waals surface area contributed by atoms with Crippen LogP contribution in [0.25, 0.3) is 0 Å². The lowest BCUT2D eigenvalue weighted by atomic mass is 9.82. The fraction of sp³-hybridized carbons (Fsp3) is 0.440. The molecule has 0 aromatic heterocycles. The van der Waals surface area contributed by atoms with Gasteiger partial charge in [0.25, 0.3) is 5.91 Å². The topological polar surface area (TPSA) is 49.9 Å². The molecule has 2 aromatic carbocycles. The van der Waals surface area contributed by atoms with Gasteiger partial charge in [0.1, 0.15) is 0 Å². The Morgan fingerprint density at radius 1 is 0.967 bits per heavy atom. The third-order valence-electron chi connectivity index (χ3n) is 6.46. The summed E-state index contributed by atoms with van der Waals surface area (Å²) in [5, 5.41) is 1.85. The first kappa shape index (κ1) is 20.6. The molecule has 0 N–H and O–H groups in total. The molecule has 4 atom stereocenters. The zero-order chi connectivity index (χ0) is 21.3. The molecule has 5 heteroatoms. The molecule has 2 fully saturated rings. The van der Waals surface area contributed by atoms with Gasteiger partial charge in [-0.2, -0.15) is 0 Å². The second kappa shape index (κ2) is 8.60. The highest BCUT2D eigenvalue weighted by Crippen LogP contribution is 2.44. The Balaban J connectivity index is 1.73. The number of carbonyl (C=O) groups is 2. The summed E-state index contributed by atoms with van der Waals surface area (Å²) in [5.41, 5.74) is 2.47. The molecular weight excluding hydrogens is 376 g/mol. The highest BCUT2D eigenvalue weighted by atomic mass is 16.7. The number of hydrogen-bond acceptors (Lipinski definition) is 4. The number of unbranched alkanes of at least 4 members (excludes halogenated alkanes) is 1. The molecule has 158 valence electrons. The van der Waals surface area contributed by atoms with Crippen LogP contribution in [0.15, 0.2) is 54.6 Å². The Morgan fingerprint density at radius 3 is 2.33 bits per heavy atom.